The van der Waals surface area contributed by atoms with Crippen LogP contribution in [0.25, 0.3) is 11.3 Å². The molecule has 0 saturated heterocycles. The molecule has 0 atom stereocenters. The second-order valence-corrected chi connectivity index (χ2v) is 3.49. The van der Waals surface area contributed by atoms with Crippen molar-refractivity contribution in [1.29, 1.82) is 0 Å². The van der Waals surface area contributed by atoms with Crippen molar-refractivity contribution >= 4 is 5.97 Å². The van der Waals surface area contributed by atoms with Crippen LogP contribution < -0.4 is 0 Å². The average molecular weight is 220 g/mol. The summed E-state index contributed by atoms with van der Waals surface area (Å²) in [5.74, 6) is -1.32. The van der Waals surface area contributed by atoms with Crippen LogP contribution in [0.2, 0.25) is 0 Å². The van der Waals surface area contributed by atoms with E-state index in [1.165, 1.54) is 24.3 Å². The quantitative estimate of drug-likeness (QED) is 0.845. The highest BCUT2D eigenvalue weighted by molar-refractivity contribution is 5.85. The van der Waals surface area contributed by atoms with E-state index in [4.69, 9.17) is 9.52 Å². The van der Waals surface area contributed by atoms with Crippen molar-refractivity contribution in [2.45, 2.75) is 6.92 Å². The number of furan rings is 1. The summed E-state index contributed by atoms with van der Waals surface area (Å²) < 4.78 is 18.2. The fourth-order valence-electron chi connectivity index (χ4n) is 1.49. The van der Waals surface area contributed by atoms with E-state index in [1.807, 2.05) is 0 Å². The minimum absolute atomic E-state index is 0.156. The van der Waals surface area contributed by atoms with E-state index >= 15 is 0 Å². The highest BCUT2D eigenvalue weighted by Crippen LogP contribution is 2.24. The SMILES string of the molecule is Cc1cc(F)cc(-c2ccc(C(=O)O)o2)c1. The van der Waals surface area contributed by atoms with Gasteiger partial charge in [-0.3, -0.25) is 0 Å². The Hall–Kier alpha value is -2.10. The van der Waals surface area contributed by atoms with E-state index in [-0.39, 0.29) is 11.6 Å². The molecule has 1 N–H and O–H groups in total. The van der Waals surface area contributed by atoms with Crippen molar-refractivity contribution in [2.75, 3.05) is 0 Å². The minimum Gasteiger partial charge on any atom is -0.475 e. The second-order valence-electron chi connectivity index (χ2n) is 3.49. The van der Waals surface area contributed by atoms with Crippen LogP contribution in [0.5, 0.6) is 0 Å². The van der Waals surface area contributed by atoms with E-state index in [0.29, 0.717) is 11.3 Å². The first-order valence-electron chi connectivity index (χ1n) is 4.67. The van der Waals surface area contributed by atoms with E-state index < -0.39 is 5.97 Å². The van der Waals surface area contributed by atoms with Crippen molar-refractivity contribution in [1.82, 2.24) is 0 Å². The molecule has 0 aliphatic heterocycles. The second kappa shape index (κ2) is 3.81. The van der Waals surface area contributed by atoms with Gasteiger partial charge < -0.3 is 9.52 Å². The van der Waals surface area contributed by atoms with Crippen LogP contribution in [0, 0.1) is 12.7 Å². The number of carbonyl (C=O) groups is 1. The molecular weight excluding hydrogens is 211 g/mol. The molecule has 2 rings (SSSR count). The van der Waals surface area contributed by atoms with Gasteiger partial charge in [0.25, 0.3) is 0 Å². The third kappa shape index (κ3) is 1.95. The van der Waals surface area contributed by atoms with Gasteiger partial charge in [-0.15, -0.1) is 0 Å². The molecule has 4 heteroatoms. The van der Waals surface area contributed by atoms with Gasteiger partial charge in [0.15, 0.2) is 0 Å². The standard InChI is InChI=1S/C12H9FO3/c1-7-4-8(6-9(13)5-7)10-2-3-11(16-10)12(14)15/h2-6H,1H3,(H,14,15). The first kappa shape index (κ1) is 10.4. The molecule has 1 aromatic heterocycles. The minimum atomic E-state index is -1.14. The van der Waals surface area contributed by atoms with Gasteiger partial charge in [-0.1, -0.05) is 0 Å². The first-order valence-corrected chi connectivity index (χ1v) is 4.67. The lowest BCUT2D eigenvalue weighted by Gasteiger charge is -1.99. The molecule has 0 bridgehead atoms. The molecule has 0 radical (unpaired) electrons. The van der Waals surface area contributed by atoms with Crippen molar-refractivity contribution in [3.05, 3.63) is 47.5 Å². The Morgan fingerprint density at radius 2 is 2.06 bits per heavy atom. The maximum Gasteiger partial charge on any atom is 0.371 e. The van der Waals surface area contributed by atoms with Gasteiger partial charge in [0.1, 0.15) is 11.6 Å². The number of halogens is 1. The van der Waals surface area contributed by atoms with Crippen LogP contribution in [0.3, 0.4) is 0 Å². The zero-order valence-electron chi connectivity index (χ0n) is 8.53. The van der Waals surface area contributed by atoms with Gasteiger partial charge in [-0.05, 0) is 42.8 Å². The first-order chi connectivity index (χ1) is 7.56. The summed E-state index contributed by atoms with van der Waals surface area (Å²) in [5.41, 5.74) is 1.29. The van der Waals surface area contributed by atoms with E-state index in [0.717, 1.165) is 5.56 Å². The number of hydrogen-bond donors (Lipinski definition) is 1. The van der Waals surface area contributed by atoms with Crippen LogP contribution in [0.15, 0.2) is 34.7 Å². The fraction of sp³-hybridized carbons (Fsp3) is 0.0833. The Balaban J connectivity index is 2.46. The maximum atomic E-state index is 13.1. The maximum absolute atomic E-state index is 13.1. The molecule has 0 amide bonds. The zero-order valence-corrected chi connectivity index (χ0v) is 8.53. The lowest BCUT2D eigenvalue weighted by Crippen LogP contribution is -1.91. The molecule has 0 unspecified atom stereocenters. The molecule has 0 fully saturated rings. The molecule has 0 aliphatic rings. The number of aryl methyl sites for hydroxylation is 1. The number of aromatic carboxylic acids is 1. The molecule has 1 heterocycles. The van der Waals surface area contributed by atoms with Gasteiger partial charge in [0.2, 0.25) is 5.76 Å². The highest BCUT2D eigenvalue weighted by Gasteiger charge is 2.11. The summed E-state index contributed by atoms with van der Waals surface area (Å²) in [6, 6.07) is 7.28. The van der Waals surface area contributed by atoms with Crippen LogP contribution >= 0.6 is 0 Å². The van der Waals surface area contributed by atoms with Crippen LogP contribution in [-0.4, -0.2) is 11.1 Å². The molecule has 3 nitrogen and oxygen atoms in total. The van der Waals surface area contributed by atoms with Crippen LogP contribution in [0.4, 0.5) is 4.39 Å². The number of rotatable bonds is 2. The summed E-state index contributed by atoms with van der Waals surface area (Å²) >= 11 is 0. The summed E-state index contributed by atoms with van der Waals surface area (Å²) in [5, 5.41) is 8.69. The Bertz CT molecular complexity index is 523. The normalized spacial score (nSPS) is 10.4. The van der Waals surface area contributed by atoms with Gasteiger partial charge >= 0.3 is 5.97 Å². The monoisotopic (exact) mass is 220 g/mol. The fourth-order valence-corrected chi connectivity index (χ4v) is 1.49. The van der Waals surface area contributed by atoms with E-state index in [1.54, 1.807) is 13.0 Å². The Labute approximate surface area is 91.1 Å². The number of hydrogen-bond acceptors (Lipinski definition) is 2. The molecule has 82 valence electrons. The van der Waals surface area contributed by atoms with Crippen molar-refractivity contribution in [3.63, 3.8) is 0 Å². The summed E-state index contributed by atoms with van der Waals surface area (Å²) in [4.78, 5) is 10.6. The van der Waals surface area contributed by atoms with Crippen LogP contribution in [0.1, 0.15) is 16.1 Å². The third-order valence-corrected chi connectivity index (χ3v) is 2.14. The third-order valence-electron chi connectivity index (χ3n) is 2.14. The molecular formula is C12H9FO3. The van der Waals surface area contributed by atoms with Crippen molar-refractivity contribution in [3.8, 4) is 11.3 Å². The van der Waals surface area contributed by atoms with E-state index in [9.17, 15) is 9.18 Å². The highest BCUT2D eigenvalue weighted by atomic mass is 19.1. The molecule has 2 aromatic rings. The predicted octanol–water partition coefficient (Wildman–Crippen LogP) is 3.09. The summed E-state index contributed by atoms with van der Waals surface area (Å²) in [6.07, 6.45) is 0. The number of benzene rings is 1. The molecule has 16 heavy (non-hydrogen) atoms. The van der Waals surface area contributed by atoms with E-state index in [2.05, 4.69) is 0 Å². The Kier molecular flexibility index (Phi) is 2.48. The largest absolute Gasteiger partial charge is 0.475 e. The summed E-state index contributed by atoms with van der Waals surface area (Å²) in [7, 11) is 0. The molecule has 1 aromatic carbocycles. The van der Waals surface area contributed by atoms with Crippen molar-refractivity contribution in [2.24, 2.45) is 0 Å². The summed E-state index contributed by atoms with van der Waals surface area (Å²) in [6.45, 7) is 1.76. The van der Waals surface area contributed by atoms with Crippen molar-refractivity contribution < 1.29 is 18.7 Å². The Morgan fingerprint density at radius 1 is 1.31 bits per heavy atom. The Morgan fingerprint density at radius 3 is 2.62 bits per heavy atom. The number of carboxylic acid groups (broad SMARTS) is 1. The predicted molar refractivity (Wildman–Crippen MR) is 55.8 cm³/mol. The zero-order chi connectivity index (χ0) is 11.7. The smallest absolute Gasteiger partial charge is 0.371 e. The topological polar surface area (TPSA) is 50.4 Å². The van der Waals surface area contributed by atoms with Gasteiger partial charge in [-0.2, -0.15) is 0 Å². The molecule has 0 spiro atoms. The lowest BCUT2D eigenvalue weighted by atomic mass is 10.1. The molecule has 0 saturated carbocycles. The lowest BCUT2D eigenvalue weighted by molar-refractivity contribution is 0.0663. The van der Waals surface area contributed by atoms with Gasteiger partial charge in [0.05, 0.1) is 0 Å². The molecule has 0 aliphatic carbocycles. The van der Waals surface area contributed by atoms with Crippen LogP contribution in [-0.2, 0) is 0 Å². The van der Waals surface area contributed by atoms with Gasteiger partial charge in [-0.25, -0.2) is 9.18 Å². The number of carboxylic acids is 1. The average Bonchev–Trinajstić information content (AvgIpc) is 2.64. The van der Waals surface area contributed by atoms with Gasteiger partial charge in [0, 0.05) is 5.56 Å².